The normalized spacial score (nSPS) is 12.5. The number of hydrogen-bond acceptors (Lipinski definition) is 6. The molecule has 0 spiro atoms. The van der Waals surface area contributed by atoms with Gasteiger partial charge in [-0.2, -0.15) is 0 Å². The molecule has 0 aliphatic carbocycles. The first-order chi connectivity index (χ1) is 12.1. The number of aldehydes is 2. The summed E-state index contributed by atoms with van der Waals surface area (Å²) in [6.45, 7) is 5.54. The van der Waals surface area contributed by atoms with Gasteiger partial charge in [0.05, 0.1) is 16.5 Å². The Hall–Kier alpha value is -2.60. The predicted molar refractivity (Wildman–Crippen MR) is 103 cm³/mol. The number of aliphatic imine (C=N–C) groups is 1. The molecule has 5 nitrogen and oxygen atoms in total. The SMILES string of the molecule is C=N/C(C)=C(/C=O)SCN(C)C=C/C(=C\C=O)OCc1ccccc1. The number of rotatable bonds is 11. The minimum absolute atomic E-state index is 0.381. The quantitative estimate of drug-likeness (QED) is 0.151. The lowest BCUT2D eigenvalue weighted by molar-refractivity contribution is -0.105. The summed E-state index contributed by atoms with van der Waals surface area (Å²) in [6, 6.07) is 9.70. The van der Waals surface area contributed by atoms with E-state index in [-0.39, 0.29) is 0 Å². The second-order valence-electron chi connectivity index (χ2n) is 5.05. The van der Waals surface area contributed by atoms with Gasteiger partial charge in [-0.3, -0.25) is 14.6 Å². The Kier molecular flexibility index (Phi) is 9.70. The summed E-state index contributed by atoms with van der Waals surface area (Å²) in [5.41, 5.74) is 1.62. The van der Waals surface area contributed by atoms with Crippen LogP contribution in [0.15, 0.2) is 70.0 Å². The Morgan fingerprint density at radius 1 is 1.32 bits per heavy atom. The molecule has 0 bridgehead atoms. The highest BCUT2D eigenvalue weighted by molar-refractivity contribution is 8.03. The van der Waals surface area contributed by atoms with Crippen molar-refractivity contribution in [3.63, 3.8) is 0 Å². The molecule has 0 saturated carbocycles. The van der Waals surface area contributed by atoms with Crippen LogP contribution in [-0.2, 0) is 20.9 Å². The smallest absolute Gasteiger partial charge is 0.158 e. The van der Waals surface area contributed by atoms with Gasteiger partial charge in [0.1, 0.15) is 18.7 Å². The molecule has 1 aromatic carbocycles. The van der Waals surface area contributed by atoms with E-state index in [4.69, 9.17) is 4.74 Å². The van der Waals surface area contributed by atoms with Crippen molar-refractivity contribution in [1.29, 1.82) is 0 Å². The Morgan fingerprint density at radius 3 is 2.64 bits per heavy atom. The van der Waals surface area contributed by atoms with Gasteiger partial charge < -0.3 is 9.64 Å². The Labute approximate surface area is 152 Å². The number of hydrogen-bond donors (Lipinski definition) is 0. The second-order valence-corrected chi connectivity index (χ2v) is 6.04. The van der Waals surface area contributed by atoms with Crippen LogP contribution in [0.25, 0.3) is 0 Å². The van der Waals surface area contributed by atoms with Crippen LogP contribution < -0.4 is 0 Å². The fourth-order valence-corrected chi connectivity index (χ4v) is 2.45. The maximum Gasteiger partial charge on any atom is 0.158 e. The van der Waals surface area contributed by atoms with Crippen LogP contribution in [0.3, 0.4) is 0 Å². The zero-order chi connectivity index (χ0) is 18.5. The minimum Gasteiger partial charge on any atom is -0.489 e. The van der Waals surface area contributed by atoms with Crippen LogP contribution in [0, 0.1) is 0 Å². The van der Waals surface area contributed by atoms with Crippen LogP contribution in [0.4, 0.5) is 0 Å². The van der Waals surface area contributed by atoms with E-state index in [1.54, 1.807) is 19.2 Å². The molecule has 1 aromatic rings. The first-order valence-electron chi connectivity index (χ1n) is 7.57. The molecule has 0 atom stereocenters. The third kappa shape index (κ3) is 8.17. The summed E-state index contributed by atoms with van der Waals surface area (Å²) >= 11 is 1.36. The summed E-state index contributed by atoms with van der Waals surface area (Å²) in [7, 11) is 1.86. The zero-order valence-corrected chi connectivity index (χ0v) is 15.2. The zero-order valence-electron chi connectivity index (χ0n) is 14.4. The number of allylic oxidation sites excluding steroid dienone is 4. The number of carbonyl (C=O) groups is 2. The van der Waals surface area contributed by atoms with E-state index >= 15 is 0 Å². The van der Waals surface area contributed by atoms with Gasteiger partial charge in [-0.1, -0.05) is 42.1 Å². The largest absolute Gasteiger partial charge is 0.489 e. The van der Waals surface area contributed by atoms with Gasteiger partial charge in [0, 0.05) is 19.3 Å². The molecule has 0 radical (unpaired) electrons. The molecule has 0 amide bonds. The Morgan fingerprint density at radius 2 is 2.04 bits per heavy atom. The van der Waals surface area contributed by atoms with E-state index in [0.29, 0.717) is 35.1 Å². The number of carbonyl (C=O) groups excluding carboxylic acids is 2. The lowest BCUT2D eigenvalue weighted by Crippen LogP contribution is -2.10. The molecular formula is C19H22N2O3S. The minimum atomic E-state index is 0.381. The highest BCUT2D eigenvalue weighted by atomic mass is 32.2. The van der Waals surface area contributed by atoms with E-state index in [9.17, 15) is 9.59 Å². The lowest BCUT2D eigenvalue weighted by atomic mass is 10.2. The van der Waals surface area contributed by atoms with Crippen LogP contribution in [0.1, 0.15) is 12.5 Å². The lowest BCUT2D eigenvalue weighted by Gasteiger charge is -2.14. The molecule has 25 heavy (non-hydrogen) atoms. The molecule has 0 unspecified atom stereocenters. The first-order valence-corrected chi connectivity index (χ1v) is 8.55. The van der Waals surface area contributed by atoms with Gasteiger partial charge in [0.15, 0.2) is 6.29 Å². The molecule has 6 heteroatoms. The van der Waals surface area contributed by atoms with Crippen molar-refractivity contribution in [1.82, 2.24) is 4.90 Å². The van der Waals surface area contributed by atoms with E-state index in [0.717, 1.165) is 11.8 Å². The van der Waals surface area contributed by atoms with Crippen LogP contribution in [0.5, 0.6) is 0 Å². The molecule has 0 fully saturated rings. The van der Waals surface area contributed by atoms with Gasteiger partial charge in [0.25, 0.3) is 0 Å². The maximum absolute atomic E-state index is 11.0. The number of ether oxygens (including phenoxy) is 1. The van der Waals surface area contributed by atoms with Crippen molar-refractivity contribution >= 4 is 31.1 Å². The molecular weight excluding hydrogens is 336 g/mol. The number of thioether (sulfide) groups is 1. The van der Waals surface area contributed by atoms with E-state index < -0.39 is 0 Å². The summed E-state index contributed by atoms with van der Waals surface area (Å²) in [6.07, 6.45) is 6.31. The molecule has 1 rings (SSSR count). The molecule has 0 aliphatic heterocycles. The van der Waals surface area contributed by atoms with Gasteiger partial charge in [-0.05, 0) is 25.3 Å². The van der Waals surface area contributed by atoms with Crippen molar-refractivity contribution in [2.75, 3.05) is 12.9 Å². The van der Waals surface area contributed by atoms with Crippen molar-refractivity contribution < 1.29 is 14.3 Å². The monoisotopic (exact) mass is 358 g/mol. The van der Waals surface area contributed by atoms with Crippen LogP contribution >= 0.6 is 11.8 Å². The molecule has 132 valence electrons. The summed E-state index contributed by atoms with van der Waals surface area (Å²) < 4.78 is 5.64. The van der Waals surface area contributed by atoms with Crippen molar-refractivity contribution in [2.24, 2.45) is 4.99 Å². The highest BCUT2D eigenvalue weighted by Gasteiger charge is 2.03. The van der Waals surface area contributed by atoms with E-state index in [1.807, 2.05) is 42.3 Å². The van der Waals surface area contributed by atoms with E-state index in [2.05, 4.69) is 11.7 Å². The fourth-order valence-electron chi connectivity index (χ4n) is 1.68. The first kappa shape index (κ1) is 20.4. The van der Waals surface area contributed by atoms with Crippen molar-refractivity contribution in [3.05, 3.63) is 70.6 Å². The summed E-state index contributed by atoms with van der Waals surface area (Å²) in [4.78, 5) is 28.0. The molecule has 0 saturated heterocycles. The average Bonchev–Trinajstić information content (AvgIpc) is 2.65. The highest BCUT2D eigenvalue weighted by Crippen LogP contribution is 2.19. The molecule has 0 aliphatic rings. The van der Waals surface area contributed by atoms with Crippen molar-refractivity contribution in [3.8, 4) is 0 Å². The Balaban J connectivity index is 2.59. The summed E-state index contributed by atoms with van der Waals surface area (Å²) in [5.74, 6) is 1.01. The van der Waals surface area contributed by atoms with Gasteiger partial charge >= 0.3 is 0 Å². The average molecular weight is 358 g/mol. The topological polar surface area (TPSA) is 59.0 Å². The van der Waals surface area contributed by atoms with Crippen LogP contribution in [0.2, 0.25) is 0 Å². The molecule has 0 N–H and O–H groups in total. The van der Waals surface area contributed by atoms with Crippen molar-refractivity contribution in [2.45, 2.75) is 13.5 Å². The van der Waals surface area contributed by atoms with Gasteiger partial charge in [-0.15, -0.1) is 0 Å². The van der Waals surface area contributed by atoms with Crippen LogP contribution in [-0.4, -0.2) is 37.1 Å². The van der Waals surface area contributed by atoms with Gasteiger partial charge in [-0.25, -0.2) is 0 Å². The Bertz CT molecular complexity index is 667. The third-order valence-corrected chi connectivity index (χ3v) is 4.34. The maximum atomic E-state index is 11.0. The number of nitrogens with zero attached hydrogens (tertiary/aromatic N) is 2. The van der Waals surface area contributed by atoms with E-state index in [1.165, 1.54) is 17.8 Å². The second kappa shape index (κ2) is 11.9. The number of benzene rings is 1. The molecule has 0 heterocycles. The fraction of sp³-hybridized carbons (Fsp3) is 0.211. The predicted octanol–water partition coefficient (Wildman–Crippen LogP) is 3.55. The van der Waals surface area contributed by atoms with Gasteiger partial charge in [0.2, 0.25) is 0 Å². The molecule has 0 aromatic heterocycles. The summed E-state index contributed by atoms with van der Waals surface area (Å²) in [5, 5.41) is 0. The third-order valence-electron chi connectivity index (χ3n) is 3.10. The standard InChI is InChI=1S/C19H22N2O3S/c1-16(20-2)19(13-23)25-15-21(3)11-9-18(10-12-22)24-14-17-7-5-4-6-8-17/h4-13H,2,14-15H2,1,3H3/b11-9?,18-10+,19-16-.